The van der Waals surface area contributed by atoms with Crippen molar-refractivity contribution in [1.82, 2.24) is 25.6 Å². The molecule has 4 aromatic rings. The smallest absolute Gasteiger partial charge is 0.251 e. The van der Waals surface area contributed by atoms with Crippen LogP contribution in [0.5, 0.6) is 0 Å². The molecule has 0 spiro atoms. The van der Waals surface area contributed by atoms with E-state index in [1.54, 1.807) is 36.4 Å². The summed E-state index contributed by atoms with van der Waals surface area (Å²) in [6, 6.07) is 24.2. The molecule has 0 radical (unpaired) electrons. The van der Waals surface area contributed by atoms with E-state index in [0.29, 0.717) is 114 Å². The van der Waals surface area contributed by atoms with Gasteiger partial charge in [0.1, 0.15) is 0 Å². The zero-order valence-electron chi connectivity index (χ0n) is 30.3. The van der Waals surface area contributed by atoms with Crippen LogP contribution in [0.4, 0.5) is 23.5 Å². The second-order valence-electron chi connectivity index (χ2n) is 11.6. The van der Waals surface area contributed by atoms with Crippen LogP contribution in [0.1, 0.15) is 31.8 Å². The number of hydrogen-bond acceptors (Lipinski definition) is 13. The molecular formula is C37H47N11O6. The predicted octanol–water partition coefficient (Wildman–Crippen LogP) is 4.48. The molecule has 0 unspecified atom stereocenters. The van der Waals surface area contributed by atoms with Gasteiger partial charge in [0.2, 0.25) is 17.8 Å². The molecule has 286 valence electrons. The summed E-state index contributed by atoms with van der Waals surface area (Å²) in [5.74, 6) is 0.673. The lowest BCUT2D eigenvalue weighted by Crippen LogP contribution is -2.27. The summed E-state index contributed by atoms with van der Waals surface area (Å²) >= 11 is 0. The Hall–Kier alpha value is -5.84. The van der Waals surface area contributed by atoms with Gasteiger partial charge in [0, 0.05) is 54.4 Å². The Labute approximate surface area is 314 Å². The second kappa shape index (κ2) is 24.4. The lowest BCUT2D eigenvalue weighted by molar-refractivity contribution is 0.0511. The predicted molar refractivity (Wildman–Crippen MR) is 205 cm³/mol. The molecule has 54 heavy (non-hydrogen) atoms. The average Bonchev–Trinajstić information content (AvgIpc) is 3.19. The average molecular weight is 742 g/mol. The number of carbonyl (C=O) groups is 2. The molecule has 0 aliphatic heterocycles. The van der Waals surface area contributed by atoms with Crippen LogP contribution in [-0.2, 0) is 25.5 Å². The van der Waals surface area contributed by atoms with Gasteiger partial charge in [0.15, 0.2) is 0 Å². The summed E-state index contributed by atoms with van der Waals surface area (Å²) in [4.78, 5) is 41.0. The number of aryl methyl sites for hydroxylation is 1. The van der Waals surface area contributed by atoms with E-state index in [1.165, 1.54) is 5.56 Å². The van der Waals surface area contributed by atoms with Gasteiger partial charge in [-0.15, -0.1) is 0 Å². The maximum absolute atomic E-state index is 12.6. The fraction of sp³-hybridized carbons (Fsp3) is 0.378. The number of anilines is 4. The molecule has 0 saturated carbocycles. The Morgan fingerprint density at radius 2 is 1.17 bits per heavy atom. The van der Waals surface area contributed by atoms with Crippen LogP contribution in [0, 0.1) is 6.92 Å². The van der Waals surface area contributed by atoms with E-state index < -0.39 is 0 Å². The fourth-order valence-electron chi connectivity index (χ4n) is 4.61. The minimum absolute atomic E-state index is 0.135. The van der Waals surface area contributed by atoms with Crippen LogP contribution in [0.15, 0.2) is 84.0 Å². The molecule has 0 saturated heterocycles. The Morgan fingerprint density at radius 1 is 0.630 bits per heavy atom. The van der Waals surface area contributed by atoms with E-state index in [2.05, 4.69) is 51.6 Å². The minimum Gasteiger partial charge on any atom is -0.379 e. The zero-order valence-corrected chi connectivity index (χ0v) is 30.3. The van der Waals surface area contributed by atoms with Crippen LogP contribution in [0.3, 0.4) is 0 Å². The van der Waals surface area contributed by atoms with Crippen LogP contribution in [0.2, 0.25) is 0 Å². The first-order valence-electron chi connectivity index (χ1n) is 17.6. The molecule has 1 aromatic heterocycles. The van der Waals surface area contributed by atoms with E-state index in [1.807, 2.05) is 49.4 Å². The standard InChI is InChI=1S/C37H47N11O6/c1-28-7-9-29(10-8-28)27-42-36-45-35(41-17-21-53-24-23-51-19-15-39-33(49)30-5-3-2-4-6-30)46-37(47-36)44-32-13-11-31(12-14-32)34(50)40-16-20-52-25-26-54-22-18-43-48-38/h2-14H,15-27H2,1H3,(H,39,49)(H,40,50)(H3,41,42,44,45,46,47). The highest BCUT2D eigenvalue weighted by Crippen LogP contribution is 2.17. The molecule has 17 nitrogen and oxygen atoms in total. The molecule has 0 fully saturated rings. The number of carbonyl (C=O) groups excluding carboxylic acids is 2. The molecular weight excluding hydrogens is 694 g/mol. The maximum atomic E-state index is 12.6. The fourth-order valence-corrected chi connectivity index (χ4v) is 4.61. The number of amides is 2. The van der Waals surface area contributed by atoms with Crippen LogP contribution in [-0.4, -0.2) is 106 Å². The first kappa shape index (κ1) is 40.9. The third kappa shape index (κ3) is 16.2. The van der Waals surface area contributed by atoms with Crippen molar-refractivity contribution in [2.24, 2.45) is 5.11 Å². The summed E-state index contributed by atoms with van der Waals surface area (Å²) in [6.07, 6.45) is 0. The number of rotatable bonds is 26. The van der Waals surface area contributed by atoms with Gasteiger partial charge in [-0.05, 0) is 54.4 Å². The molecule has 5 N–H and O–H groups in total. The van der Waals surface area contributed by atoms with Crippen molar-refractivity contribution >= 4 is 35.3 Å². The van der Waals surface area contributed by atoms with Gasteiger partial charge >= 0.3 is 0 Å². The first-order chi connectivity index (χ1) is 26.5. The quantitative estimate of drug-likeness (QED) is 0.0260. The van der Waals surface area contributed by atoms with Crippen LogP contribution < -0.4 is 26.6 Å². The highest BCUT2D eigenvalue weighted by atomic mass is 16.5. The van der Waals surface area contributed by atoms with E-state index in [9.17, 15) is 9.59 Å². The van der Waals surface area contributed by atoms with Crippen molar-refractivity contribution in [3.8, 4) is 0 Å². The zero-order chi connectivity index (χ0) is 38.1. The maximum Gasteiger partial charge on any atom is 0.251 e. The molecule has 0 aliphatic carbocycles. The summed E-state index contributed by atoms with van der Waals surface area (Å²) in [7, 11) is 0. The molecule has 2 amide bonds. The molecule has 0 bridgehead atoms. The molecule has 0 atom stereocenters. The van der Waals surface area contributed by atoms with Gasteiger partial charge in [0.25, 0.3) is 11.8 Å². The summed E-state index contributed by atoms with van der Waals surface area (Å²) in [5.41, 5.74) is 12.3. The van der Waals surface area contributed by atoms with E-state index >= 15 is 0 Å². The highest BCUT2D eigenvalue weighted by Gasteiger charge is 2.10. The van der Waals surface area contributed by atoms with Crippen molar-refractivity contribution < 1.29 is 28.5 Å². The first-order valence-corrected chi connectivity index (χ1v) is 17.6. The summed E-state index contributed by atoms with van der Waals surface area (Å²) in [6.45, 7) is 6.98. The number of azide groups is 1. The van der Waals surface area contributed by atoms with E-state index in [-0.39, 0.29) is 18.4 Å². The van der Waals surface area contributed by atoms with Crippen molar-refractivity contribution in [1.29, 1.82) is 0 Å². The van der Waals surface area contributed by atoms with Gasteiger partial charge in [-0.25, -0.2) is 0 Å². The van der Waals surface area contributed by atoms with Gasteiger partial charge in [-0.3, -0.25) is 9.59 Å². The summed E-state index contributed by atoms with van der Waals surface area (Å²) in [5, 5.41) is 18.7. The van der Waals surface area contributed by atoms with E-state index in [0.717, 1.165) is 5.56 Å². The number of nitrogens with zero attached hydrogens (tertiary/aromatic N) is 6. The second-order valence-corrected chi connectivity index (χ2v) is 11.6. The third-order valence-electron chi connectivity index (χ3n) is 7.38. The van der Waals surface area contributed by atoms with Crippen molar-refractivity contribution in [3.63, 3.8) is 0 Å². The lowest BCUT2D eigenvalue weighted by Gasteiger charge is -2.12. The molecule has 4 rings (SSSR count). The normalized spacial score (nSPS) is 10.6. The summed E-state index contributed by atoms with van der Waals surface area (Å²) < 4.78 is 22.0. The SMILES string of the molecule is Cc1ccc(CNc2nc(NCCOCCOCCNC(=O)c3ccccc3)nc(Nc3ccc(C(=O)NCCOCCOCCN=[N+]=[N-])cc3)n2)cc1. The lowest BCUT2D eigenvalue weighted by atomic mass is 10.1. The Balaban J connectivity index is 1.20. The topological polar surface area (TPSA) is 219 Å². The van der Waals surface area contributed by atoms with Gasteiger partial charge in [-0.2, -0.15) is 15.0 Å². The van der Waals surface area contributed by atoms with Crippen LogP contribution in [0.25, 0.3) is 10.4 Å². The van der Waals surface area contributed by atoms with Crippen molar-refractivity contribution in [3.05, 3.63) is 112 Å². The van der Waals surface area contributed by atoms with E-state index in [4.69, 9.17) is 24.5 Å². The van der Waals surface area contributed by atoms with Gasteiger partial charge in [0.05, 0.1) is 52.9 Å². The number of nitrogens with one attached hydrogen (secondary N) is 5. The Morgan fingerprint density at radius 3 is 1.78 bits per heavy atom. The Bertz CT molecular complexity index is 1740. The minimum atomic E-state index is -0.230. The number of ether oxygens (including phenoxy) is 4. The van der Waals surface area contributed by atoms with Crippen LogP contribution >= 0.6 is 0 Å². The molecule has 17 heteroatoms. The number of benzene rings is 3. The third-order valence-corrected chi connectivity index (χ3v) is 7.38. The molecule has 3 aromatic carbocycles. The number of hydrogen-bond donors (Lipinski definition) is 5. The van der Waals surface area contributed by atoms with Crippen molar-refractivity contribution in [2.75, 3.05) is 95.0 Å². The molecule has 0 aliphatic rings. The van der Waals surface area contributed by atoms with Gasteiger partial charge in [-0.1, -0.05) is 53.1 Å². The van der Waals surface area contributed by atoms with Gasteiger partial charge < -0.3 is 45.5 Å². The highest BCUT2D eigenvalue weighted by molar-refractivity contribution is 5.94. The van der Waals surface area contributed by atoms with Crippen molar-refractivity contribution in [2.45, 2.75) is 13.5 Å². The largest absolute Gasteiger partial charge is 0.379 e. The monoisotopic (exact) mass is 741 g/mol. The number of aromatic nitrogens is 3. The molecule has 1 heterocycles. The Kier molecular flexibility index (Phi) is 18.5.